The summed E-state index contributed by atoms with van der Waals surface area (Å²) >= 11 is 0. The SMILES string of the molecule is COCCn1c(C2CCCN2c2ncc(C)cn2)nc2ccccc2c1=O. The summed E-state index contributed by atoms with van der Waals surface area (Å²) in [5, 5.41) is 0.633. The molecule has 1 aliphatic rings. The summed E-state index contributed by atoms with van der Waals surface area (Å²) in [6, 6.07) is 7.47. The Kier molecular flexibility index (Phi) is 4.85. The Morgan fingerprint density at radius 1 is 1.22 bits per heavy atom. The fourth-order valence-corrected chi connectivity index (χ4v) is 3.65. The first-order valence-corrected chi connectivity index (χ1v) is 9.22. The van der Waals surface area contributed by atoms with Crippen molar-refractivity contribution >= 4 is 16.9 Å². The van der Waals surface area contributed by atoms with Crippen molar-refractivity contribution in [2.45, 2.75) is 32.4 Å². The molecule has 140 valence electrons. The standard InChI is InChI=1S/C20H23N5O2/c1-14-12-21-20(22-13-14)24-9-5-8-17(24)18-23-16-7-4-3-6-15(16)19(26)25(18)10-11-27-2/h3-4,6-7,12-13,17H,5,8-11H2,1-2H3. The van der Waals surface area contributed by atoms with Crippen molar-refractivity contribution < 1.29 is 4.74 Å². The number of ether oxygens (including phenoxy) is 1. The summed E-state index contributed by atoms with van der Waals surface area (Å²) in [7, 11) is 1.64. The molecular weight excluding hydrogens is 342 g/mol. The second-order valence-corrected chi connectivity index (χ2v) is 6.85. The van der Waals surface area contributed by atoms with E-state index in [1.165, 1.54) is 0 Å². The Labute approximate surface area is 157 Å². The number of hydrogen-bond acceptors (Lipinski definition) is 6. The molecular formula is C20H23N5O2. The Hall–Kier alpha value is -2.80. The van der Waals surface area contributed by atoms with Crippen molar-refractivity contribution in [2.24, 2.45) is 0 Å². The Bertz CT molecular complexity index is 999. The molecule has 1 aliphatic heterocycles. The normalized spacial score (nSPS) is 17.0. The Morgan fingerprint density at radius 2 is 2.00 bits per heavy atom. The molecule has 0 bridgehead atoms. The van der Waals surface area contributed by atoms with Crippen LogP contribution in [-0.2, 0) is 11.3 Å². The fraction of sp³-hybridized carbons (Fsp3) is 0.400. The van der Waals surface area contributed by atoms with Crippen molar-refractivity contribution in [3.63, 3.8) is 0 Å². The Balaban J connectivity index is 1.83. The lowest BCUT2D eigenvalue weighted by molar-refractivity contribution is 0.184. The van der Waals surface area contributed by atoms with Crippen LogP contribution in [0, 0.1) is 6.92 Å². The van der Waals surface area contributed by atoms with Crippen LogP contribution in [0.25, 0.3) is 10.9 Å². The van der Waals surface area contributed by atoms with Crippen LogP contribution < -0.4 is 10.5 Å². The molecule has 7 nitrogen and oxygen atoms in total. The van der Waals surface area contributed by atoms with E-state index in [1.807, 2.05) is 43.6 Å². The molecule has 3 aromatic rings. The number of anilines is 1. The van der Waals surface area contributed by atoms with Gasteiger partial charge in [0.1, 0.15) is 5.82 Å². The maximum atomic E-state index is 13.1. The van der Waals surface area contributed by atoms with Gasteiger partial charge in [-0.15, -0.1) is 0 Å². The lowest BCUT2D eigenvalue weighted by Gasteiger charge is -2.26. The molecule has 1 aromatic carbocycles. The summed E-state index contributed by atoms with van der Waals surface area (Å²) in [5.41, 5.74) is 1.72. The molecule has 4 rings (SSSR count). The molecule has 1 unspecified atom stereocenters. The van der Waals surface area contributed by atoms with E-state index >= 15 is 0 Å². The number of benzene rings is 1. The van der Waals surface area contributed by atoms with Gasteiger partial charge in [0.25, 0.3) is 5.56 Å². The summed E-state index contributed by atoms with van der Waals surface area (Å²) in [5.74, 6) is 1.45. The van der Waals surface area contributed by atoms with Crippen molar-refractivity contribution in [2.75, 3.05) is 25.2 Å². The third-order valence-corrected chi connectivity index (χ3v) is 4.99. The third kappa shape index (κ3) is 3.30. The van der Waals surface area contributed by atoms with E-state index in [0.29, 0.717) is 24.5 Å². The van der Waals surface area contributed by atoms with E-state index in [0.717, 1.165) is 36.3 Å². The molecule has 27 heavy (non-hydrogen) atoms. The predicted octanol–water partition coefficient (Wildman–Crippen LogP) is 2.48. The first-order valence-electron chi connectivity index (χ1n) is 9.22. The van der Waals surface area contributed by atoms with Crippen LogP contribution in [-0.4, -0.2) is 39.8 Å². The van der Waals surface area contributed by atoms with Gasteiger partial charge in [0.2, 0.25) is 5.95 Å². The van der Waals surface area contributed by atoms with Crippen LogP contribution in [0.3, 0.4) is 0 Å². The molecule has 0 amide bonds. The van der Waals surface area contributed by atoms with Crippen LogP contribution in [0.1, 0.15) is 30.3 Å². The quantitative estimate of drug-likeness (QED) is 0.692. The zero-order valence-electron chi connectivity index (χ0n) is 15.6. The van der Waals surface area contributed by atoms with Crippen LogP contribution in [0.2, 0.25) is 0 Å². The van der Waals surface area contributed by atoms with Gasteiger partial charge >= 0.3 is 0 Å². The maximum absolute atomic E-state index is 13.1. The van der Waals surface area contributed by atoms with Gasteiger partial charge in [-0.3, -0.25) is 9.36 Å². The van der Waals surface area contributed by atoms with E-state index in [2.05, 4.69) is 14.9 Å². The van der Waals surface area contributed by atoms with E-state index < -0.39 is 0 Å². The zero-order chi connectivity index (χ0) is 18.8. The summed E-state index contributed by atoms with van der Waals surface area (Å²) < 4.78 is 6.98. The molecule has 1 fully saturated rings. The number of nitrogens with zero attached hydrogens (tertiary/aromatic N) is 5. The molecule has 0 aliphatic carbocycles. The zero-order valence-corrected chi connectivity index (χ0v) is 15.6. The highest BCUT2D eigenvalue weighted by Gasteiger charge is 2.32. The van der Waals surface area contributed by atoms with Crippen molar-refractivity contribution in [1.29, 1.82) is 0 Å². The Morgan fingerprint density at radius 3 is 2.78 bits per heavy atom. The maximum Gasteiger partial charge on any atom is 0.261 e. The number of aromatic nitrogens is 4. The number of methoxy groups -OCH3 is 1. The highest BCUT2D eigenvalue weighted by atomic mass is 16.5. The van der Waals surface area contributed by atoms with Gasteiger partial charge in [0.15, 0.2) is 0 Å². The minimum atomic E-state index is -0.0260. The molecule has 3 heterocycles. The van der Waals surface area contributed by atoms with Gasteiger partial charge in [0, 0.05) is 26.0 Å². The lowest BCUT2D eigenvalue weighted by atomic mass is 10.1. The molecule has 2 aromatic heterocycles. The molecule has 0 saturated carbocycles. The van der Waals surface area contributed by atoms with Gasteiger partial charge in [-0.25, -0.2) is 15.0 Å². The van der Waals surface area contributed by atoms with Gasteiger partial charge < -0.3 is 9.64 Å². The summed E-state index contributed by atoms with van der Waals surface area (Å²) in [6.45, 7) is 3.75. The van der Waals surface area contributed by atoms with E-state index in [9.17, 15) is 4.79 Å². The largest absolute Gasteiger partial charge is 0.383 e. The average Bonchev–Trinajstić information content (AvgIpc) is 3.17. The number of para-hydroxylation sites is 1. The van der Waals surface area contributed by atoms with E-state index in [4.69, 9.17) is 9.72 Å². The summed E-state index contributed by atoms with van der Waals surface area (Å²) in [4.78, 5) is 29.1. The molecule has 0 radical (unpaired) electrons. The van der Waals surface area contributed by atoms with Crippen molar-refractivity contribution in [3.05, 3.63) is 58.4 Å². The topological polar surface area (TPSA) is 73.1 Å². The highest BCUT2D eigenvalue weighted by Crippen LogP contribution is 2.33. The van der Waals surface area contributed by atoms with Crippen LogP contribution in [0.4, 0.5) is 5.95 Å². The number of hydrogen-bond donors (Lipinski definition) is 0. The first kappa shape index (κ1) is 17.6. The van der Waals surface area contributed by atoms with Gasteiger partial charge in [-0.2, -0.15) is 0 Å². The number of rotatable bonds is 5. The fourth-order valence-electron chi connectivity index (χ4n) is 3.65. The smallest absolute Gasteiger partial charge is 0.261 e. The van der Waals surface area contributed by atoms with E-state index in [1.54, 1.807) is 11.7 Å². The number of aryl methyl sites for hydroxylation is 1. The lowest BCUT2D eigenvalue weighted by Crippen LogP contribution is -2.33. The van der Waals surface area contributed by atoms with E-state index in [-0.39, 0.29) is 11.6 Å². The average molecular weight is 365 g/mol. The third-order valence-electron chi connectivity index (χ3n) is 4.99. The van der Waals surface area contributed by atoms with Crippen LogP contribution in [0.5, 0.6) is 0 Å². The molecule has 0 spiro atoms. The van der Waals surface area contributed by atoms with Gasteiger partial charge in [-0.05, 0) is 37.5 Å². The van der Waals surface area contributed by atoms with Gasteiger partial charge in [-0.1, -0.05) is 12.1 Å². The highest BCUT2D eigenvalue weighted by molar-refractivity contribution is 5.77. The van der Waals surface area contributed by atoms with Crippen molar-refractivity contribution in [1.82, 2.24) is 19.5 Å². The second kappa shape index (κ2) is 7.44. The van der Waals surface area contributed by atoms with Crippen molar-refractivity contribution in [3.8, 4) is 0 Å². The molecule has 1 atom stereocenters. The summed E-state index contributed by atoms with van der Waals surface area (Å²) in [6.07, 6.45) is 5.57. The molecule has 1 saturated heterocycles. The van der Waals surface area contributed by atoms with Gasteiger partial charge in [0.05, 0.1) is 30.1 Å². The number of fused-ring (bicyclic) bond motifs is 1. The molecule has 7 heteroatoms. The molecule has 0 N–H and O–H groups in total. The second-order valence-electron chi connectivity index (χ2n) is 6.85. The first-order chi connectivity index (χ1) is 13.2. The van der Waals surface area contributed by atoms with Crippen LogP contribution >= 0.6 is 0 Å². The minimum Gasteiger partial charge on any atom is -0.383 e. The predicted molar refractivity (Wildman–Crippen MR) is 104 cm³/mol. The van der Waals surface area contributed by atoms with Crippen LogP contribution in [0.15, 0.2) is 41.5 Å². The monoisotopic (exact) mass is 365 g/mol. The minimum absolute atomic E-state index is 0.0238.